The zero-order chi connectivity index (χ0) is 29.8. The van der Waals surface area contributed by atoms with E-state index in [-0.39, 0.29) is 0 Å². The van der Waals surface area contributed by atoms with Gasteiger partial charge in [0.2, 0.25) is 0 Å². The van der Waals surface area contributed by atoms with Crippen LogP contribution in [0, 0.1) is 16.7 Å². The van der Waals surface area contributed by atoms with Crippen LogP contribution in [0.25, 0.3) is 0 Å². The van der Waals surface area contributed by atoms with Gasteiger partial charge in [-0.3, -0.25) is 0 Å². The summed E-state index contributed by atoms with van der Waals surface area (Å²) in [6.45, 7) is 23.2. The van der Waals surface area contributed by atoms with E-state index in [4.69, 9.17) is 0 Å². The Labute approximate surface area is 249 Å². The Balaban J connectivity index is 1.79. The summed E-state index contributed by atoms with van der Waals surface area (Å²) in [6.07, 6.45) is 36.1. The van der Waals surface area contributed by atoms with Gasteiger partial charge in [0, 0.05) is 0 Å². The molecule has 1 atom stereocenters. The summed E-state index contributed by atoms with van der Waals surface area (Å²) in [5.41, 5.74) is 11.1. The number of allylic oxidation sites excluding steroid dienone is 18. The predicted octanol–water partition coefficient (Wildman–Crippen LogP) is 12.9. The molecule has 0 heterocycles. The lowest BCUT2D eigenvalue weighted by Crippen LogP contribution is -2.20. The van der Waals surface area contributed by atoms with Gasteiger partial charge in [-0.1, -0.05) is 135 Å². The number of hydrogen-bond acceptors (Lipinski definition) is 0. The highest BCUT2D eigenvalue weighted by Gasteiger charge is 2.27. The molecule has 0 aromatic carbocycles. The van der Waals surface area contributed by atoms with E-state index in [0.717, 1.165) is 19.3 Å². The molecule has 0 saturated heterocycles. The van der Waals surface area contributed by atoms with Crippen LogP contribution >= 0.6 is 0 Å². The van der Waals surface area contributed by atoms with Crippen LogP contribution in [0.1, 0.15) is 127 Å². The van der Waals surface area contributed by atoms with Crippen LogP contribution in [0.15, 0.2) is 106 Å². The lowest BCUT2D eigenvalue weighted by atomic mass is 9.71. The molecule has 0 nitrogen and oxygen atoms in total. The average Bonchev–Trinajstić information content (AvgIpc) is 2.85. The minimum absolute atomic E-state index is 0.321. The van der Waals surface area contributed by atoms with Crippen LogP contribution in [-0.2, 0) is 0 Å². The maximum atomic E-state index is 2.45. The van der Waals surface area contributed by atoms with E-state index in [1.54, 1.807) is 22.3 Å². The Bertz CT molecular complexity index is 1110. The molecule has 0 fully saturated rings. The van der Waals surface area contributed by atoms with E-state index in [1.165, 1.54) is 55.2 Å². The molecule has 0 heteroatoms. The minimum atomic E-state index is 0.321. The first-order valence-electron chi connectivity index (χ1n) is 15.9. The fourth-order valence-electron chi connectivity index (χ4n) is 6.26. The molecule has 0 radical (unpaired) electrons. The van der Waals surface area contributed by atoms with Gasteiger partial charge < -0.3 is 0 Å². The van der Waals surface area contributed by atoms with Crippen LogP contribution in [0.3, 0.4) is 0 Å². The lowest BCUT2D eigenvalue weighted by molar-refractivity contribution is 0.360. The van der Waals surface area contributed by atoms with Crippen molar-refractivity contribution in [1.29, 1.82) is 0 Å². The molecular weight excluding hydrogens is 480 g/mol. The fourth-order valence-corrected chi connectivity index (χ4v) is 6.26. The van der Waals surface area contributed by atoms with Gasteiger partial charge in [0.05, 0.1) is 0 Å². The highest BCUT2D eigenvalue weighted by atomic mass is 14.3. The van der Waals surface area contributed by atoms with Gasteiger partial charge in [0.15, 0.2) is 0 Å². The molecule has 220 valence electrons. The zero-order valence-electron chi connectivity index (χ0n) is 27.8. The van der Waals surface area contributed by atoms with Gasteiger partial charge in [-0.2, -0.15) is 0 Å². The molecule has 1 unspecified atom stereocenters. The van der Waals surface area contributed by atoms with Gasteiger partial charge in [-0.15, -0.1) is 0 Å². The van der Waals surface area contributed by atoms with Crippen molar-refractivity contribution in [3.8, 4) is 0 Å². The highest BCUT2D eigenvalue weighted by Crippen LogP contribution is 2.42. The summed E-state index contributed by atoms with van der Waals surface area (Å²) in [5.74, 6) is 0.550. The first-order chi connectivity index (χ1) is 18.8. The standard InChI is InChI=1S/C40H60/c1-31(19-13-21-33(3)25-27-37-35(5)23-15-29-39(37,7)8)17-11-12-18-32(2)20-14-22-34(4)26-28-38-36(6)24-16-30-40(38,9)10/h11-14,17-20,25-27,33H,15-16,21-24,28-30H2,1-10H3/b12-11+,19-13?,20-14+,27-25+,31-17+,32-18-,34-26+. The third-order valence-electron chi connectivity index (χ3n) is 9.01. The van der Waals surface area contributed by atoms with Crippen molar-refractivity contribution < 1.29 is 0 Å². The van der Waals surface area contributed by atoms with Crippen LogP contribution in [0.2, 0.25) is 0 Å². The van der Waals surface area contributed by atoms with E-state index >= 15 is 0 Å². The SMILES string of the molecule is CC1=C(/C=C/C(C)CC=C/C(C)=C/C=C/C=C(C)\C=C\C/C(C)=C/CC2=C(C)CCCC2(C)C)C(C)(C)CCC1. The quantitative estimate of drug-likeness (QED) is 0.170. The van der Waals surface area contributed by atoms with E-state index in [1.807, 2.05) is 0 Å². The molecule has 2 aliphatic carbocycles. The molecule has 0 bridgehead atoms. The Hall–Kier alpha value is -2.34. The number of hydrogen-bond donors (Lipinski definition) is 0. The molecule has 0 aliphatic heterocycles. The molecule has 0 spiro atoms. The van der Waals surface area contributed by atoms with Crippen LogP contribution in [0.5, 0.6) is 0 Å². The molecule has 0 amide bonds. The van der Waals surface area contributed by atoms with E-state index in [9.17, 15) is 0 Å². The molecule has 40 heavy (non-hydrogen) atoms. The van der Waals surface area contributed by atoms with Crippen molar-refractivity contribution in [2.45, 2.75) is 127 Å². The predicted molar refractivity (Wildman–Crippen MR) is 182 cm³/mol. The maximum Gasteiger partial charge on any atom is -0.0104 e. The summed E-state index contributed by atoms with van der Waals surface area (Å²) >= 11 is 0. The van der Waals surface area contributed by atoms with Crippen LogP contribution in [-0.4, -0.2) is 0 Å². The van der Waals surface area contributed by atoms with Gasteiger partial charge in [-0.25, -0.2) is 0 Å². The van der Waals surface area contributed by atoms with E-state index in [2.05, 4.69) is 136 Å². The largest absolute Gasteiger partial charge is 0.0837 e. The topological polar surface area (TPSA) is 0 Å². The van der Waals surface area contributed by atoms with Crippen molar-refractivity contribution in [3.05, 3.63) is 106 Å². The monoisotopic (exact) mass is 540 g/mol. The third-order valence-corrected chi connectivity index (χ3v) is 9.01. The van der Waals surface area contributed by atoms with Crippen molar-refractivity contribution >= 4 is 0 Å². The molecule has 0 saturated carbocycles. The van der Waals surface area contributed by atoms with Crippen molar-refractivity contribution in [2.24, 2.45) is 16.7 Å². The average molecular weight is 541 g/mol. The second-order valence-corrected chi connectivity index (χ2v) is 14.0. The summed E-state index contributed by atoms with van der Waals surface area (Å²) in [4.78, 5) is 0. The summed E-state index contributed by atoms with van der Waals surface area (Å²) in [7, 11) is 0. The molecule has 2 rings (SSSR count). The molecular formula is C40H60. The van der Waals surface area contributed by atoms with Crippen LogP contribution < -0.4 is 0 Å². The first kappa shape index (κ1) is 33.9. The normalized spacial score (nSPS) is 22.1. The Morgan fingerprint density at radius 1 is 0.800 bits per heavy atom. The van der Waals surface area contributed by atoms with Crippen molar-refractivity contribution in [3.63, 3.8) is 0 Å². The summed E-state index contributed by atoms with van der Waals surface area (Å²) in [6, 6.07) is 0. The molecule has 2 aliphatic rings. The summed E-state index contributed by atoms with van der Waals surface area (Å²) in [5, 5.41) is 0. The van der Waals surface area contributed by atoms with E-state index < -0.39 is 0 Å². The third kappa shape index (κ3) is 11.6. The molecule has 0 aromatic heterocycles. The van der Waals surface area contributed by atoms with Gasteiger partial charge in [0.1, 0.15) is 0 Å². The highest BCUT2D eigenvalue weighted by molar-refractivity contribution is 5.33. The molecule has 0 aromatic rings. The van der Waals surface area contributed by atoms with Crippen molar-refractivity contribution in [2.75, 3.05) is 0 Å². The van der Waals surface area contributed by atoms with E-state index in [0.29, 0.717) is 16.7 Å². The summed E-state index contributed by atoms with van der Waals surface area (Å²) < 4.78 is 0. The smallest absolute Gasteiger partial charge is 0.0104 e. The maximum absolute atomic E-state index is 2.45. The van der Waals surface area contributed by atoms with Crippen LogP contribution in [0.4, 0.5) is 0 Å². The van der Waals surface area contributed by atoms with Gasteiger partial charge >= 0.3 is 0 Å². The first-order valence-corrected chi connectivity index (χ1v) is 15.9. The molecule has 0 N–H and O–H groups in total. The second kappa shape index (κ2) is 16.2. The lowest BCUT2D eigenvalue weighted by Gasteiger charge is -2.34. The van der Waals surface area contributed by atoms with Gasteiger partial charge in [-0.05, 0) is 115 Å². The minimum Gasteiger partial charge on any atom is -0.0837 e. The number of rotatable bonds is 12. The second-order valence-electron chi connectivity index (χ2n) is 14.0. The Kier molecular flexibility index (Phi) is 13.7. The fraction of sp³-hybridized carbons (Fsp3) is 0.550. The zero-order valence-corrected chi connectivity index (χ0v) is 27.8. The van der Waals surface area contributed by atoms with Crippen molar-refractivity contribution in [1.82, 2.24) is 0 Å². The van der Waals surface area contributed by atoms with Gasteiger partial charge in [0.25, 0.3) is 0 Å². The Morgan fingerprint density at radius 2 is 1.38 bits per heavy atom. The Morgan fingerprint density at radius 3 is 1.98 bits per heavy atom.